The highest BCUT2D eigenvalue weighted by molar-refractivity contribution is 14.0. The lowest BCUT2D eigenvalue weighted by Crippen LogP contribution is -2.52. The van der Waals surface area contributed by atoms with Gasteiger partial charge in [0.1, 0.15) is 11.6 Å². The average Bonchev–Trinajstić information content (AvgIpc) is 2.74. The average molecular weight is 535 g/mol. The fraction of sp³-hybridized carbons (Fsp3) is 0.400. The van der Waals surface area contributed by atoms with Crippen molar-refractivity contribution < 1.29 is 17.9 Å². The predicted molar refractivity (Wildman–Crippen MR) is 122 cm³/mol. The number of ether oxygens (including phenoxy) is 1. The van der Waals surface area contributed by atoms with Crippen LogP contribution < -0.4 is 15.0 Å². The van der Waals surface area contributed by atoms with Crippen LogP contribution in [0.2, 0.25) is 0 Å². The Hall–Kier alpha value is -2.24. The molecule has 0 bridgehead atoms. The van der Waals surface area contributed by atoms with E-state index in [2.05, 4.69) is 25.1 Å². The van der Waals surface area contributed by atoms with Crippen molar-refractivity contribution in [2.24, 2.45) is 4.99 Å². The van der Waals surface area contributed by atoms with Crippen molar-refractivity contribution in [3.63, 3.8) is 0 Å². The molecule has 1 aliphatic heterocycles. The molecule has 2 aromatic rings. The maximum Gasteiger partial charge on any atom is 0.422 e. The Bertz CT molecular complexity index is 812. The van der Waals surface area contributed by atoms with Gasteiger partial charge in [-0.1, -0.05) is 24.3 Å². The van der Waals surface area contributed by atoms with E-state index in [1.807, 2.05) is 18.2 Å². The van der Waals surface area contributed by atoms with Crippen LogP contribution in [-0.4, -0.2) is 61.9 Å². The van der Waals surface area contributed by atoms with Gasteiger partial charge >= 0.3 is 6.18 Å². The number of para-hydroxylation sites is 1. The van der Waals surface area contributed by atoms with E-state index in [0.717, 1.165) is 32.0 Å². The molecule has 1 aliphatic rings. The second-order valence-electron chi connectivity index (χ2n) is 6.57. The number of hydrogen-bond donors (Lipinski definition) is 1. The highest BCUT2D eigenvalue weighted by Crippen LogP contribution is 2.22. The van der Waals surface area contributed by atoms with Gasteiger partial charge < -0.3 is 19.9 Å². The Labute approximate surface area is 191 Å². The molecule has 0 unspecified atom stereocenters. The van der Waals surface area contributed by atoms with Crippen LogP contribution in [0.4, 0.5) is 19.0 Å². The number of rotatable bonds is 5. The van der Waals surface area contributed by atoms with Gasteiger partial charge in [-0.3, -0.25) is 4.99 Å². The van der Waals surface area contributed by atoms with Gasteiger partial charge in [0, 0.05) is 51.5 Å². The predicted octanol–water partition coefficient (Wildman–Crippen LogP) is 3.54. The van der Waals surface area contributed by atoms with Gasteiger partial charge in [-0.15, -0.1) is 24.0 Å². The molecular weight excluding hydrogens is 510 g/mol. The number of alkyl halides is 3. The summed E-state index contributed by atoms with van der Waals surface area (Å²) in [5.74, 6) is 1.87. The molecule has 1 aromatic carbocycles. The Kier molecular flexibility index (Phi) is 9.00. The number of aliphatic imine (C=N–C) groups is 1. The number of aromatic nitrogens is 1. The van der Waals surface area contributed by atoms with Gasteiger partial charge in [-0.05, 0) is 18.2 Å². The van der Waals surface area contributed by atoms with Gasteiger partial charge in [-0.25, -0.2) is 4.98 Å². The van der Waals surface area contributed by atoms with Crippen molar-refractivity contribution >= 4 is 35.8 Å². The molecule has 1 aromatic heterocycles. The van der Waals surface area contributed by atoms with E-state index in [0.29, 0.717) is 18.1 Å². The molecule has 0 spiro atoms. The molecular formula is C20H25F3IN5O. The first-order chi connectivity index (χ1) is 14.0. The Morgan fingerprint density at radius 3 is 2.43 bits per heavy atom. The van der Waals surface area contributed by atoms with E-state index in [4.69, 9.17) is 4.74 Å². The summed E-state index contributed by atoms with van der Waals surface area (Å²) < 4.78 is 42.3. The molecule has 30 heavy (non-hydrogen) atoms. The van der Waals surface area contributed by atoms with Crippen molar-refractivity contribution in [1.29, 1.82) is 0 Å². The van der Waals surface area contributed by atoms with Gasteiger partial charge in [0.2, 0.25) is 0 Å². The smallest absolute Gasteiger partial charge is 0.422 e. The van der Waals surface area contributed by atoms with Crippen molar-refractivity contribution in [3.05, 3.63) is 54.2 Å². The fourth-order valence-electron chi connectivity index (χ4n) is 3.14. The van der Waals surface area contributed by atoms with Crippen LogP contribution in [0.25, 0.3) is 0 Å². The maximum absolute atomic E-state index is 12.5. The summed E-state index contributed by atoms with van der Waals surface area (Å²) in [5.41, 5.74) is 0.644. The molecule has 1 saturated heterocycles. The summed E-state index contributed by atoms with van der Waals surface area (Å²) in [6.45, 7) is 2.16. The van der Waals surface area contributed by atoms with Crippen LogP contribution in [0.5, 0.6) is 5.75 Å². The van der Waals surface area contributed by atoms with E-state index < -0.39 is 12.8 Å². The number of benzene rings is 1. The first-order valence-electron chi connectivity index (χ1n) is 9.35. The third kappa shape index (κ3) is 6.92. The Morgan fingerprint density at radius 1 is 1.10 bits per heavy atom. The molecule has 0 amide bonds. The zero-order valence-corrected chi connectivity index (χ0v) is 18.9. The number of guanidine groups is 1. The molecule has 0 saturated carbocycles. The van der Waals surface area contributed by atoms with Gasteiger partial charge in [0.25, 0.3) is 0 Å². The molecule has 2 heterocycles. The van der Waals surface area contributed by atoms with Crippen molar-refractivity contribution in [2.75, 3.05) is 44.7 Å². The Morgan fingerprint density at radius 2 is 1.80 bits per heavy atom. The van der Waals surface area contributed by atoms with Crippen molar-refractivity contribution in [2.45, 2.75) is 12.7 Å². The number of anilines is 1. The van der Waals surface area contributed by atoms with Crippen LogP contribution in [0, 0.1) is 0 Å². The second kappa shape index (κ2) is 11.2. The molecule has 0 atom stereocenters. The highest BCUT2D eigenvalue weighted by atomic mass is 127. The lowest BCUT2D eigenvalue weighted by Gasteiger charge is -2.37. The molecule has 1 fully saturated rings. The summed E-state index contributed by atoms with van der Waals surface area (Å²) in [4.78, 5) is 13.0. The SMILES string of the molecule is CN=C(NCc1ccccc1OCC(F)(F)F)N1CCN(c2ccccn2)CC1.I. The third-order valence-corrected chi connectivity index (χ3v) is 4.57. The fourth-order valence-corrected chi connectivity index (χ4v) is 3.14. The first kappa shape index (κ1) is 24.0. The summed E-state index contributed by atoms with van der Waals surface area (Å²) in [7, 11) is 1.69. The first-order valence-corrected chi connectivity index (χ1v) is 9.35. The molecule has 164 valence electrons. The van der Waals surface area contributed by atoms with Gasteiger partial charge in [0.05, 0.1) is 0 Å². The minimum Gasteiger partial charge on any atom is -0.484 e. The normalized spacial score (nSPS) is 14.9. The standard InChI is InChI=1S/C20H24F3N5O.HI/c1-24-19(28-12-10-27(11-13-28)18-8-4-5-9-25-18)26-14-16-6-2-3-7-17(16)29-15-20(21,22)23;/h2-9H,10-15H2,1H3,(H,24,26);1H. The summed E-state index contributed by atoms with van der Waals surface area (Å²) in [6, 6.07) is 12.5. The summed E-state index contributed by atoms with van der Waals surface area (Å²) >= 11 is 0. The van der Waals surface area contributed by atoms with Crippen molar-refractivity contribution in [3.8, 4) is 5.75 Å². The molecule has 0 aliphatic carbocycles. The van der Waals surface area contributed by atoms with Crippen LogP contribution in [-0.2, 0) is 6.54 Å². The van der Waals surface area contributed by atoms with E-state index in [1.54, 1.807) is 31.4 Å². The molecule has 1 N–H and O–H groups in total. The largest absolute Gasteiger partial charge is 0.484 e. The topological polar surface area (TPSA) is 53.0 Å². The Balaban J connectivity index is 0.00000320. The van der Waals surface area contributed by atoms with E-state index in [9.17, 15) is 13.2 Å². The monoisotopic (exact) mass is 535 g/mol. The molecule has 3 rings (SSSR count). The van der Waals surface area contributed by atoms with Crippen molar-refractivity contribution in [1.82, 2.24) is 15.2 Å². The van der Waals surface area contributed by atoms with E-state index >= 15 is 0 Å². The maximum atomic E-state index is 12.5. The lowest BCUT2D eigenvalue weighted by atomic mass is 10.2. The number of piperazine rings is 1. The molecule has 0 radical (unpaired) electrons. The number of hydrogen-bond acceptors (Lipinski definition) is 4. The van der Waals surface area contributed by atoms with Gasteiger partial charge in [-0.2, -0.15) is 13.2 Å². The number of nitrogens with zero attached hydrogens (tertiary/aromatic N) is 4. The van der Waals surface area contributed by atoms with Gasteiger partial charge in [0.15, 0.2) is 12.6 Å². The van der Waals surface area contributed by atoms with Crippen LogP contribution in [0.1, 0.15) is 5.56 Å². The summed E-state index contributed by atoms with van der Waals surface area (Å²) in [5, 5.41) is 3.23. The van der Waals surface area contributed by atoms with Crippen LogP contribution in [0.3, 0.4) is 0 Å². The highest BCUT2D eigenvalue weighted by Gasteiger charge is 2.28. The van der Waals surface area contributed by atoms with E-state index in [-0.39, 0.29) is 29.7 Å². The number of halogens is 4. The lowest BCUT2D eigenvalue weighted by molar-refractivity contribution is -0.153. The second-order valence-corrected chi connectivity index (χ2v) is 6.57. The molecule has 6 nitrogen and oxygen atoms in total. The van der Waals surface area contributed by atoms with E-state index in [1.165, 1.54) is 6.07 Å². The third-order valence-electron chi connectivity index (χ3n) is 4.57. The molecule has 10 heteroatoms. The quantitative estimate of drug-likeness (QED) is 0.361. The number of pyridine rings is 1. The number of nitrogens with one attached hydrogen (secondary N) is 1. The zero-order valence-electron chi connectivity index (χ0n) is 16.6. The minimum absolute atomic E-state index is 0. The van der Waals surface area contributed by atoms with Crippen LogP contribution in [0.15, 0.2) is 53.7 Å². The minimum atomic E-state index is -4.37. The zero-order chi connectivity index (χ0) is 20.7. The van der Waals surface area contributed by atoms with Crippen LogP contribution >= 0.6 is 24.0 Å². The summed E-state index contributed by atoms with van der Waals surface area (Å²) in [6.07, 6.45) is -2.59.